The average molecular weight is 1030 g/mol. The number of ether oxygens (including phenoxy) is 3. The molecule has 428 valence electrons. The maximum absolute atomic E-state index is 12.9. The van der Waals surface area contributed by atoms with E-state index in [4.69, 9.17) is 14.2 Å². The number of hydrogen-bond donors (Lipinski definition) is 0. The summed E-state index contributed by atoms with van der Waals surface area (Å²) in [4.78, 5) is 38.3. The molecule has 0 rings (SSSR count). The minimum absolute atomic E-state index is 0.0731. The molecule has 0 spiro atoms. The Bertz CT molecular complexity index is 1220. The van der Waals surface area contributed by atoms with Gasteiger partial charge >= 0.3 is 17.9 Å². The molecule has 0 aliphatic rings. The van der Waals surface area contributed by atoms with Crippen LogP contribution in [-0.4, -0.2) is 37.2 Å². The minimum atomic E-state index is -0.777. The van der Waals surface area contributed by atoms with E-state index in [9.17, 15) is 14.4 Å². The van der Waals surface area contributed by atoms with E-state index >= 15 is 0 Å². The molecule has 0 bridgehead atoms. The maximum Gasteiger partial charge on any atom is 0.306 e. The van der Waals surface area contributed by atoms with Crippen LogP contribution in [0.15, 0.2) is 36.5 Å². The molecule has 0 amide bonds. The van der Waals surface area contributed by atoms with Gasteiger partial charge in [0, 0.05) is 19.3 Å². The minimum Gasteiger partial charge on any atom is -0.462 e. The van der Waals surface area contributed by atoms with Crippen molar-refractivity contribution in [3.05, 3.63) is 36.5 Å². The van der Waals surface area contributed by atoms with E-state index in [1.165, 1.54) is 238 Å². The molecule has 0 fully saturated rings. The maximum atomic E-state index is 12.9. The van der Waals surface area contributed by atoms with Crippen molar-refractivity contribution in [2.45, 2.75) is 361 Å². The lowest BCUT2D eigenvalue weighted by Crippen LogP contribution is -2.30. The number of esters is 3. The van der Waals surface area contributed by atoms with Crippen LogP contribution in [0, 0.1) is 0 Å². The zero-order valence-corrected chi connectivity index (χ0v) is 49.2. The van der Waals surface area contributed by atoms with E-state index in [0.29, 0.717) is 19.3 Å². The van der Waals surface area contributed by atoms with Gasteiger partial charge in [0.05, 0.1) is 0 Å². The standard InChI is InChI=1S/C67H124O6/c1-4-7-10-13-16-19-22-25-28-30-32-33-35-36-39-42-45-48-51-54-57-60-66(69)72-63-64(62-71-65(68)59-56-53-50-47-44-41-38-27-24-21-18-15-12-9-6-3)73-67(70)61-58-55-52-49-46-43-40-37-34-31-29-26-23-20-17-14-11-8-5-2/h18,21,26-27,29,38,64H,4-17,19-20,22-25,28,30-37,39-63H2,1-3H3/b21-18-,29-26-,38-27-. The first-order valence-electron chi connectivity index (χ1n) is 32.5. The Kier molecular flexibility index (Phi) is 60.2. The Morgan fingerprint density at radius 1 is 0.274 bits per heavy atom. The van der Waals surface area contributed by atoms with Crippen LogP contribution < -0.4 is 0 Å². The second kappa shape index (κ2) is 62.2. The summed E-state index contributed by atoms with van der Waals surface area (Å²) in [5.41, 5.74) is 0. The van der Waals surface area contributed by atoms with Gasteiger partial charge in [0.2, 0.25) is 0 Å². The number of carbonyl (C=O) groups is 3. The van der Waals surface area contributed by atoms with Crippen molar-refractivity contribution in [3.8, 4) is 0 Å². The molecular formula is C67H124O6. The number of allylic oxidation sites excluding steroid dienone is 6. The summed E-state index contributed by atoms with van der Waals surface area (Å²) < 4.78 is 16.9. The second-order valence-corrected chi connectivity index (χ2v) is 22.0. The number of hydrogen-bond acceptors (Lipinski definition) is 6. The molecule has 0 saturated heterocycles. The quantitative estimate of drug-likeness (QED) is 0.0261. The van der Waals surface area contributed by atoms with Crippen molar-refractivity contribution in [2.24, 2.45) is 0 Å². The summed E-state index contributed by atoms with van der Waals surface area (Å²) in [6, 6.07) is 0. The SMILES string of the molecule is CCCCC/C=C\C/C=C\CCCCCCCC(=O)OCC(COC(=O)CCCCCCCCCCCCCCCCCCCCCCC)OC(=O)CCCCCCCCCCC/C=C\CCCCCCCC. The Balaban J connectivity index is 4.32. The first kappa shape index (κ1) is 70.6. The molecule has 1 atom stereocenters. The van der Waals surface area contributed by atoms with Gasteiger partial charge in [-0.25, -0.2) is 0 Å². The van der Waals surface area contributed by atoms with Crippen LogP contribution in [0.25, 0.3) is 0 Å². The van der Waals surface area contributed by atoms with E-state index in [0.717, 1.165) is 77.0 Å². The van der Waals surface area contributed by atoms with Crippen LogP contribution in [0.2, 0.25) is 0 Å². The molecule has 6 heteroatoms. The van der Waals surface area contributed by atoms with E-state index in [1.807, 2.05) is 0 Å². The molecule has 0 aromatic heterocycles. The summed E-state index contributed by atoms with van der Waals surface area (Å²) in [6.45, 7) is 6.66. The first-order chi connectivity index (χ1) is 36.0. The van der Waals surface area contributed by atoms with Gasteiger partial charge < -0.3 is 14.2 Å². The summed E-state index contributed by atoms with van der Waals surface area (Å²) in [6.07, 6.45) is 75.8. The molecule has 0 saturated carbocycles. The molecule has 0 radical (unpaired) electrons. The average Bonchev–Trinajstić information content (AvgIpc) is 3.39. The van der Waals surface area contributed by atoms with Crippen LogP contribution in [0.1, 0.15) is 355 Å². The van der Waals surface area contributed by atoms with Gasteiger partial charge in [0.1, 0.15) is 13.2 Å². The Morgan fingerprint density at radius 2 is 0.493 bits per heavy atom. The van der Waals surface area contributed by atoms with E-state index in [2.05, 4.69) is 57.2 Å². The fraction of sp³-hybridized carbons (Fsp3) is 0.866. The summed E-state index contributed by atoms with van der Waals surface area (Å²) in [7, 11) is 0. The van der Waals surface area contributed by atoms with Gasteiger partial charge in [0.15, 0.2) is 6.10 Å². The molecule has 0 aliphatic heterocycles. The molecular weight excluding hydrogens is 901 g/mol. The third-order valence-electron chi connectivity index (χ3n) is 14.6. The van der Waals surface area contributed by atoms with E-state index in [1.54, 1.807) is 0 Å². The van der Waals surface area contributed by atoms with Crippen molar-refractivity contribution < 1.29 is 28.6 Å². The number of carbonyl (C=O) groups excluding carboxylic acids is 3. The largest absolute Gasteiger partial charge is 0.462 e. The highest BCUT2D eigenvalue weighted by Crippen LogP contribution is 2.18. The van der Waals surface area contributed by atoms with Gasteiger partial charge in [-0.05, 0) is 77.0 Å². The molecule has 0 aromatic rings. The predicted molar refractivity (Wildman–Crippen MR) is 316 cm³/mol. The van der Waals surface area contributed by atoms with Crippen molar-refractivity contribution in [2.75, 3.05) is 13.2 Å². The Hall–Kier alpha value is -2.37. The zero-order chi connectivity index (χ0) is 52.9. The first-order valence-corrected chi connectivity index (χ1v) is 32.5. The highest BCUT2D eigenvalue weighted by Gasteiger charge is 2.19. The van der Waals surface area contributed by atoms with Crippen molar-refractivity contribution in [3.63, 3.8) is 0 Å². The van der Waals surface area contributed by atoms with Crippen LogP contribution in [0.5, 0.6) is 0 Å². The normalized spacial score (nSPS) is 12.2. The second-order valence-electron chi connectivity index (χ2n) is 22.0. The number of unbranched alkanes of at least 4 members (excludes halogenated alkanes) is 43. The van der Waals surface area contributed by atoms with Gasteiger partial charge in [-0.3, -0.25) is 14.4 Å². The molecule has 0 aromatic carbocycles. The van der Waals surface area contributed by atoms with Crippen molar-refractivity contribution >= 4 is 17.9 Å². The zero-order valence-electron chi connectivity index (χ0n) is 49.2. The number of rotatable bonds is 60. The van der Waals surface area contributed by atoms with Gasteiger partial charge in [-0.2, -0.15) is 0 Å². The third-order valence-corrected chi connectivity index (χ3v) is 14.6. The van der Waals surface area contributed by atoms with Crippen molar-refractivity contribution in [1.29, 1.82) is 0 Å². The Labute approximate surface area is 455 Å². The summed E-state index contributed by atoms with van der Waals surface area (Å²) >= 11 is 0. The molecule has 0 heterocycles. The van der Waals surface area contributed by atoms with Crippen LogP contribution in [0.4, 0.5) is 0 Å². The monoisotopic (exact) mass is 1020 g/mol. The Morgan fingerprint density at radius 3 is 0.795 bits per heavy atom. The molecule has 73 heavy (non-hydrogen) atoms. The van der Waals surface area contributed by atoms with Gasteiger partial charge in [0.25, 0.3) is 0 Å². The molecule has 0 N–H and O–H groups in total. The predicted octanol–water partition coefficient (Wildman–Crippen LogP) is 22.0. The third kappa shape index (κ3) is 60.4. The van der Waals surface area contributed by atoms with Gasteiger partial charge in [-0.15, -0.1) is 0 Å². The lowest BCUT2D eigenvalue weighted by Gasteiger charge is -2.18. The smallest absolute Gasteiger partial charge is 0.306 e. The lowest BCUT2D eigenvalue weighted by atomic mass is 10.0. The topological polar surface area (TPSA) is 78.9 Å². The van der Waals surface area contributed by atoms with Crippen molar-refractivity contribution in [1.82, 2.24) is 0 Å². The van der Waals surface area contributed by atoms with Crippen LogP contribution in [0.3, 0.4) is 0 Å². The highest BCUT2D eigenvalue weighted by atomic mass is 16.6. The fourth-order valence-corrected chi connectivity index (χ4v) is 9.71. The van der Waals surface area contributed by atoms with Crippen LogP contribution in [-0.2, 0) is 28.6 Å². The van der Waals surface area contributed by atoms with Crippen LogP contribution >= 0.6 is 0 Å². The highest BCUT2D eigenvalue weighted by molar-refractivity contribution is 5.71. The lowest BCUT2D eigenvalue weighted by molar-refractivity contribution is -0.167. The molecule has 0 aliphatic carbocycles. The molecule has 6 nitrogen and oxygen atoms in total. The molecule has 1 unspecified atom stereocenters. The van der Waals surface area contributed by atoms with E-state index < -0.39 is 6.10 Å². The summed E-state index contributed by atoms with van der Waals surface area (Å²) in [5, 5.41) is 0. The van der Waals surface area contributed by atoms with Gasteiger partial charge in [-0.1, -0.05) is 295 Å². The summed E-state index contributed by atoms with van der Waals surface area (Å²) in [5.74, 6) is -0.865. The fourth-order valence-electron chi connectivity index (χ4n) is 9.71. The van der Waals surface area contributed by atoms with E-state index in [-0.39, 0.29) is 31.1 Å².